The summed E-state index contributed by atoms with van der Waals surface area (Å²) in [7, 11) is 1.69. The number of hydrogen-bond acceptors (Lipinski definition) is 1. The fraction of sp³-hybridized carbons (Fsp3) is 0.182. The number of aryl methyl sites for hydroxylation is 2. The fourth-order valence-electron chi connectivity index (χ4n) is 1.87. The van der Waals surface area contributed by atoms with Gasteiger partial charge in [0.25, 0.3) is 0 Å². The molecule has 4 heteroatoms. The summed E-state index contributed by atoms with van der Waals surface area (Å²) < 4.78 is 15.9. The molecule has 1 aromatic heterocycles. The van der Waals surface area contributed by atoms with Crippen molar-refractivity contribution in [3.05, 3.63) is 33.7 Å². The van der Waals surface area contributed by atoms with Gasteiger partial charge in [0.05, 0.1) is 11.2 Å². The van der Waals surface area contributed by atoms with E-state index in [1.165, 1.54) is 6.07 Å². The lowest BCUT2D eigenvalue weighted by Crippen LogP contribution is -1.96. The topological polar surface area (TPSA) is 22.0 Å². The molecule has 15 heavy (non-hydrogen) atoms. The molecule has 2 aromatic rings. The van der Waals surface area contributed by atoms with Crippen LogP contribution in [0.2, 0.25) is 0 Å². The van der Waals surface area contributed by atoms with E-state index in [4.69, 9.17) is 0 Å². The van der Waals surface area contributed by atoms with Gasteiger partial charge in [-0.05, 0) is 24.6 Å². The van der Waals surface area contributed by atoms with Crippen molar-refractivity contribution in [1.82, 2.24) is 4.57 Å². The first kappa shape index (κ1) is 10.4. The maximum atomic E-state index is 13.7. The minimum atomic E-state index is -0.321. The zero-order valence-corrected chi connectivity index (χ0v) is 9.93. The van der Waals surface area contributed by atoms with Crippen LogP contribution in [0.25, 0.3) is 10.9 Å². The molecule has 0 bridgehead atoms. The molecule has 0 saturated heterocycles. The second kappa shape index (κ2) is 3.45. The van der Waals surface area contributed by atoms with Gasteiger partial charge in [-0.3, -0.25) is 4.79 Å². The average Bonchev–Trinajstić information content (AvgIpc) is 2.39. The first-order valence-electron chi connectivity index (χ1n) is 4.45. The van der Waals surface area contributed by atoms with E-state index in [-0.39, 0.29) is 5.82 Å². The molecule has 0 spiro atoms. The molecule has 1 heterocycles. The highest BCUT2D eigenvalue weighted by molar-refractivity contribution is 9.10. The molecule has 1 aromatic carbocycles. The highest BCUT2D eigenvalue weighted by Crippen LogP contribution is 2.29. The molecule has 0 unspecified atom stereocenters. The van der Waals surface area contributed by atoms with E-state index in [1.807, 2.05) is 13.0 Å². The van der Waals surface area contributed by atoms with E-state index < -0.39 is 0 Å². The molecule has 0 atom stereocenters. The Morgan fingerprint density at radius 1 is 1.47 bits per heavy atom. The van der Waals surface area contributed by atoms with Crippen LogP contribution in [0.3, 0.4) is 0 Å². The Hall–Kier alpha value is -1.16. The van der Waals surface area contributed by atoms with Crippen LogP contribution in [0.15, 0.2) is 16.6 Å². The van der Waals surface area contributed by atoms with Crippen LogP contribution in [-0.4, -0.2) is 10.9 Å². The Kier molecular flexibility index (Phi) is 2.38. The van der Waals surface area contributed by atoms with Gasteiger partial charge in [0, 0.05) is 16.9 Å². The molecule has 2 nitrogen and oxygen atoms in total. The van der Waals surface area contributed by atoms with Crippen LogP contribution in [-0.2, 0) is 7.05 Å². The van der Waals surface area contributed by atoms with Gasteiger partial charge < -0.3 is 4.57 Å². The van der Waals surface area contributed by atoms with E-state index in [2.05, 4.69) is 15.9 Å². The maximum Gasteiger partial charge on any atom is 0.166 e. The van der Waals surface area contributed by atoms with Crippen LogP contribution in [0.4, 0.5) is 4.39 Å². The first-order chi connectivity index (χ1) is 7.06. The third-order valence-electron chi connectivity index (χ3n) is 2.62. The van der Waals surface area contributed by atoms with Gasteiger partial charge >= 0.3 is 0 Å². The van der Waals surface area contributed by atoms with E-state index in [9.17, 15) is 9.18 Å². The zero-order chi connectivity index (χ0) is 11.2. The number of hydrogen-bond donors (Lipinski definition) is 0. The van der Waals surface area contributed by atoms with Gasteiger partial charge in [0.2, 0.25) is 0 Å². The summed E-state index contributed by atoms with van der Waals surface area (Å²) in [6, 6.07) is 3.22. The summed E-state index contributed by atoms with van der Waals surface area (Å²) in [5.74, 6) is -0.321. The standard InChI is InChI=1S/C11H9BrFNO/c1-6-8-3-7(12)4-9(13)11(8)14(2)10(6)5-15/h3-5H,1-2H3. The predicted molar refractivity (Wildman–Crippen MR) is 60.7 cm³/mol. The summed E-state index contributed by atoms with van der Waals surface area (Å²) in [4.78, 5) is 10.9. The largest absolute Gasteiger partial charge is 0.339 e. The summed E-state index contributed by atoms with van der Waals surface area (Å²) in [5, 5.41) is 0.770. The molecule has 0 saturated carbocycles. The lowest BCUT2D eigenvalue weighted by Gasteiger charge is -1.99. The molecule has 78 valence electrons. The Balaban J connectivity index is 3.01. The Bertz CT molecular complexity index is 559. The van der Waals surface area contributed by atoms with Gasteiger partial charge in [-0.25, -0.2) is 4.39 Å². The molecular weight excluding hydrogens is 261 g/mol. The highest BCUT2D eigenvalue weighted by Gasteiger charge is 2.14. The number of benzene rings is 1. The third-order valence-corrected chi connectivity index (χ3v) is 3.08. The summed E-state index contributed by atoms with van der Waals surface area (Å²) in [6.07, 6.45) is 0.753. The van der Waals surface area contributed by atoms with Crippen LogP contribution in [0, 0.1) is 12.7 Å². The normalized spacial score (nSPS) is 10.9. The first-order valence-corrected chi connectivity index (χ1v) is 5.24. The molecule has 0 aliphatic rings. The van der Waals surface area contributed by atoms with Crippen molar-refractivity contribution in [3.8, 4) is 0 Å². The van der Waals surface area contributed by atoms with E-state index in [0.29, 0.717) is 15.7 Å². The van der Waals surface area contributed by atoms with Crippen molar-refractivity contribution in [2.45, 2.75) is 6.92 Å². The number of rotatable bonds is 1. The lowest BCUT2D eigenvalue weighted by atomic mass is 10.1. The number of aromatic nitrogens is 1. The second-order valence-corrected chi connectivity index (χ2v) is 4.39. The quantitative estimate of drug-likeness (QED) is 0.729. The van der Waals surface area contributed by atoms with Crippen LogP contribution >= 0.6 is 15.9 Å². The van der Waals surface area contributed by atoms with Gasteiger partial charge in [-0.2, -0.15) is 0 Å². The molecular formula is C11H9BrFNO. The smallest absolute Gasteiger partial charge is 0.166 e. The van der Waals surface area contributed by atoms with Crippen LogP contribution in [0.5, 0.6) is 0 Å². The molecule has 0 fully saturated rings. The average molecular weight is 270 g/mol. The Morgan fingerprint density at radius 3 is 2.73 bits per heavy atom. The molecule has 0 N–H and O–H groups in total. The van der Waals surface area contributed by atoms with Crippen molar-refractivity contribution in [1.29, 1.82) is 0 Å². The van der Waals surface area contributed by atoms with Crippen molar-refractivity contribution in [2.75, 3.05) is 0 Å². The third kappa shape index (κ3) is 1.40. The predicted octanol–water partition coefficient (Wildman–Crippen LogP) is 3.20. The molecule has 0 radical (unpaired) electrons. The number of halogens is 2. The molecule has 0 aliphatic heterocycles. The van der Waals surface area contributed by atoms with Gasteiger partial charge in [-0.1, -0.05) is 15.9 Å². The zero-order valence-electron chi connectivity index (χ0n) is 8.34. The SMILES string of the molecule is Cc1c(C=O)n(C)c2c(F)cc(Br)cc12. The van der Waals surface area contributed by atoms with Crippen molar-refractivity contribution < 1.29 is 9.18 Å². The van der Waals surface area contributed by atoms with Gasteiger partial charge in [0.1, 0.15) is 5.82 Å². The van der Waals surface area contributed by atoms with Gasteiger partial charge in [-0.15, -0.1) is 0 Å². The monoisotopic (exact) mass is 269 g/mol. The number of fused-ring (bicyclic) bond motifs is 1. The lowest BCUT2D eigenvalue weighted by molar-refractivity contribution is 0.111. The molecule has 0 aliphatic carbocycles. The van der Waals surface area contributed by atoms with Crippen molar-refractivity contribution >= 4 is 33.1 Å². The fourth-order valence-corrected chi connectivity index (χ4v) is 2.30. The minimum Gasteiger partial charge on any atom is -0.339 e. The van der Waals surface area contributed by atoms with E-state index in [1.54, 1.807) is 11.6 Å². The maximum absolute atomic E-state index is 13.7. The Morgan fingerprint density at radius 2 is 2.13 bits per heavy atom. The number of carbonyl (C=O) groups excluding carboxylic acids is 1. The van der Waals surface area contributed by atoms with Crippen LogP contribution in [0.1, 0.15) is 16.1 Å². The summed E-state index contributed by atoms with van der Waals surface area (Å²) >= 11 is 3.24. The van der Waals surface area contributed by atoms with Crippen molar-refractivity contribution in [3.63, 3.8) is 0 Å². The Labute approximate surface area is 94.8 Å². The number of nitrogens with zero attached hydrogens (tertiary/aromatic N) is 1. The second-order valence-electron chi connectivity index (χ2n) is 3.47. The number of aldehydes is 1. The summed E-state index contributed by atoms with van der Waals surface area (Å²) in [5.41, 5.74) is 1.79. The summed E-state index contributed by atoms with van der Waals surface area (Å²) in [6.45, 7) is 1.82. The van der Waals surface area contributed by atoms with E-state index >= 15 is 0 Å². The minimum absolute atomic E-state index is 0.321. The molecule has 0 amide bonds. The number of carbonyl (C=O) groups is 1. The molecule has 2 rings (SSSR count). The van der Waals surface area contributed by atoms with E-state index in [0.717, 1.165) is 17.2 Å². The van der Waals surface area contributed by atoms with Gasteiger partial charge in [0.15, 0.2) is 6.29 Å². The van der Waals surface area contributed by atoms with Crippen molar-refractivity contribution in [2.24, 2.45) is 7.05 Å². The van der Waals surface area contributed by atoms with Crippen LogP contribution < -0.4 is 0 Å². The highest BCUT2D eigenvalue weighted by atomic mass is 79.9.